The first-order valence-electron chi connectivity index (χ1n) is 6.57. The van der Waals surface area contributed by atoms with E-state index in [2.05, 4.69) is 6.92 Å². The van der Waals surface area contributed by atoms with Crippen molar-refractivity contribution < 1.29 is 4.79 Å². The monoisotopic (exact) mass is 267 g/mol. The van der Waals surface area contributed by atoms with Crippen molar-refractivity contribution in [3.05, 3.63) is 35.9 Å². The topological polar surface area (TPSA) is 20.3 Å². The first kappa shape index (κ1) is 15.0. The molecule has 0 N–H and O–H groups in total. The molecule has 0 aromatic heterocycles. The van der Waals surface area contributed by atoms with Crippen molar-refractivity contribution in [1.29, 1.82) is 0 Å². The third-order valence-electron chi connectivity index (χ3n) is 3.03. The number of rotatable bonds is 7. The molecule has 3 heteroatoms. The van der Waals surface area contributed by atoms with Gasteiger partial charge in [-0.15, -0.1) is 11.6 Å². The summed E-state index contributed by atoms with van der Waals surface area (Å²) in [6.45, 7) is 5.37. The number of alkyl halides is 1. The number of carbonyl (C=O) groups excluding carboxylic acids is 1. The zero-order valence-electron chi connectivity index (χ0n) is 11.2. The number of nitrogens with zero attached hydrogens (tertiary/aromatic N) is 1. The molecule has 1 aromatic carbocycles. The summed E-state index contributed by atoms with van der Waals surface area (Å²) in [4.78, 5) is 14.2. The van der Waals surface area contributed by atoms with Crippen LogP contribution < -0.4 is 0 Å². The molecule has 0 saturated carbocycles. The second kappa shape index (κ2) is 8.15. The Morgan fingerprint density at radius 2 is 2.00 bits per heavy atom. The van der Waals surface area contributed by atoms with Crippen LogP contribution in [0.15, 0.2) is 30.3 Å². The van der Waals surface area contributed by atoms with E-state index in [4.69, 9.17) is 11.6 Å². The Hall–Kier alpha value is -1.02. The van der Waals surface area contributed by atoms with Gasteiger partial charge in [-0.1, -0.05) is 50.6 Å². The second-order valence-corrected chi connectivity index (χ2v) is 5.00. The maximum Gasteiger partial charge on any atom is 0.225 e. The van der Waals surface area contributed by atoms with Gasteiger partial charge in [-0.05, 0) is 12.0 Å². The van der Waals surface area contributed by atoms with Crippen molar-refractivity contribution in [3.63, 3.8) is 0 Å². The van der Waals surface area contributed by atoms with Crippen LogP contribution in [0.5, 0.6) is 0 Å². The largest absolute Gasteiger partial charge is 0.337 e. The molecule has 100 valence electrons. The summed E-state index contributed by atoms with van der Waals surface area (Å²) < 4.78 is 0. The quantitative estimate of drug-likeness (QED) is 0.690. The first-order valence-corrected chi connectivity index (χ1v) is 7.11. The lowest BCUT2D eigenvalue weighted by Gasteiger charge is -2.25. The summed E-state index contributed by atoms with van der Waals surface area (Å²) in [5.41, 5.74) is 1.15. The lowest BCUT2D eigenvalue weighted by atomic mass is 10.0. The van der Waals surface area contributed by atoms with Gasteiger partial charge in [-0.2, -0.15) is 0 Å². The highest BCUT2D eigenvalue weighted by molar-refractivity contribution is 6.18. The normalized spacial score (nSPS) is 12.2. The fraction of sp³-hybridized carbons (Fsp3) is 0.533. The molecule has 0 heterocycles. The van der Waals surface area contributed by atoms with Gasteiger partial charge < -0.3 is 4.90 Å². The highest BCUT2D eigenvalue weighted by Crippen LogP contribution is 2.13. The number of carbonyl (C=O) groups is 1. The molecule has 0 aliphatic rings. The standard InChI is InChI=1S/C15H22ClNO/c1-3-7-13(2)15(18)17(11-10-16)12-14-8-5-4-6-9-14/h4-6,8-9,13H,3,7,10-12H2,1-2H3. The zero-order chi connectivity index (χ0) is 13.4. The Balaban J connectivity index is 2.67. The van der Waals surface area contributed by atoms with Gasteiger partial charge >= 0.3 is 0 Å². The maximum atomic E-state index is 12.3. The minimum atomic E-state index is 0.0851. The van der Waals surface area contributed by atoms with Crippen molar-refractivity contribution in [1.82, 2.24) is 4.90 Å². The van der Waals surface area contributed by atoms with Crippen LogP contribution in [0.3, 0.4) is 0 Å². The predicted octanol–water partition coefficient (Wildman–Crippen LogP) is 3.69. The summed E-state index contributed by atoms with van der Waals surface area (Å²) in [5.74, 6) is 0.778. The SMILES string of the molecule is CCCC(C)C(=O)N(CCCl)Cc1ccccc1. The molecule has 1 unspecified atom stereocenters. The second-order valence-electron chi connectivity index (χ2n) is 4.62. The van der Waals surface area contributed by atoms with Crippen molar-refractivity contribution >= 4 is 17.5 Å². The molecule has 0 fully saturated rings. The number of hydrogen-bond donors (Lipinski definition) is 0. The summed E-state index contributed by atoms with van der Waals surface area (Å²) in [6.07, 6.45) is 1.97. The van der Waals surface area contributed by atoms with Gasteiger partial charge in [0.05, 0.1) is 0 Å². The minimum absolute atomic E-state index is 0.0851. The number of halogens is 1. The van der Waals surface area contributed by atoms with E-state index in [1.54, 1.807) is 0 Å². The molecule has 2 nitrogen and oxygen atoms in total. The van der Waals surface area contributed by atoms with Gasteiger partial charge in [0.2, 0.25) is 5.91 Å². The molecule has 0 saturated heterocycles. The third-order valence-corrected chi connectivity index (χ3v) is 3.19. The molecule has 0 aliphatic heterocycles. The Morgan fingerprint density at radius 3 is 2.56 bits per heavy atom. The van der Waals surface area contributed by atoms with E-state index in [0.717, 1.165) is 18.4 Å². The van der Waals surface area contributed by atoms with E-state index in [9.17, 15) is 4.79 Å². The molecule has 1 rings (SSSR count). The lowest BCUT2D eigenvalue weighted by Crippen LogP contribution is -2.36. The molecular weight excluding hydrogens is 246 g/mol. The molecule has 18 heavy (non-hydrogen) atoms. The smallest absolute Gasteiger partial charge is 0.225 e. The van der Waals surface area contributed by atoms with E-state index in [1.807, 2.05) is 42.2 Å². The molecule has 1 aromatic rings. The average molecular weight is 268 g/mol. The lowest BCUT2D eigenvalue weighted by molar-refractivity contribution is -0.135. The molecule has 0 radical (unpaired) electrons. The molecule has 1 atom stereocenters. The summed E-state index contributed by atoms with van der Waals surface area (Å²) in [6, 6.07) is 10.1. The molecule has 0 bridgehead atoms. The van der Waals surface area contributed by atoms with Crippen LogP contribution >= 0.6 is 11.6 Å². The van der Waals surface area contributed by atoms with E-state index in [-0.39, 0.29) is 11.8 Å². The number of hydrogen-bond acceptors (Lipinski definition) is 1. The van der Waals surface area contributed by atoms with Crippen LogP contribution in [0.1, 0.15) is 32.3 Å². The summed E-state index contributed by atoms with van der Waals surface area (Å²) in [7, 11) is 0. The Bertz CT molecular complexity index is 353. The van der Waals surface area contributed by atoms with Gasteiger partial charge in [-0.3, -0.25) is 4.79 Å². The van der Waals surface area contributed by atoms with Crippen LogP contribution in [0.2, 0.25) is 0 Å². The molecular formula is C15H22ClNO. The number of benzene rings is 1. The van der Waals surface area contributed by atoms with Crippen molar-refractivity contribution in [2.75, 3.05) is 12.4 Å². The van der Waals surface area contributed by atoms with Crippen molar-refractivity contribution in [3.8, 4) is 0 Å². The van der Waals surface area contributed by atoms with Crippen LogP contribution in [0, 0.1) is 5.92 Å². The highest BCUT2D eigenvalue weighted by atomic mass is 35.5. The molecule has 1 amide bonds. The van der Waals surface area contributed by atoms with Gasteiger partial charge in [0, 0.05) is 24.9 Å². The van der Waals surface area contributed by atoms with Crippen molar-refractivity contribution in [2.24, 2.45) is 5.92 Å². The predicted molar refractivity (Wildman–Crippen MR) is 76.7 cm³/mol. The zero-order valence-corrected chi connectivity index (χ0v) is 12.0. The summed E-state index contributed by atoms with van der Waals surface area (Å²) >= 11 is 5.79. The third kappa shape index (κ3) is 4.69. The van der Waals surface area contributed by atoms with Gasteiger partial charge in [0.15, 0.2) is 0 Å². The van der Waals surface area contributed by atoms with E-state index < -0.39 is 0 Å². The Labute approximate surface area is 115 Å². The van der Waals surface area contributed by atoms with Crippen LogP contribution in [-0.2, 0) is 11.3 Å². The fourth-order valence-electron chi connectivity index (χ4n) is 2.04. The van der Waals surface area contributed by atoms with Gasteiger partial charge in [0.25, 0.3) is 0 Å². The van der Waals surface area contributed by atoms with E-state index in [1.165, 1.54) is 0 Å². The Kier molecular flexibility index (Phi) is 6.81. The summed E-state index contributed by atoms with van der Waals surface area (Å²) in [5, 5.41) is 0. The first-order chi connectivity index (χ1) is 8.69. The van der Waals surface area contributed by atoms with Gasteiger partial charge in [-0.25, -0.2) is 0 Å². The van der Waals surface area contributed by atoms with Crippen LogP contribution in [-0.4, -0.2) is 23.2 Å². The average Bonchev–Trinajstić information content (AvgIpc) is 2.39. The molecule has 0 spiro atoms. The maximum absolute atomic E-state index is 12.3. The Morgan fingerprint density at radius 1 is 1.33 bits per heavy atom. The van der Waals surface area contributed by atoms with E-state index in [0.29, 0.717) is 19.0 Å². The van der Waals surface area contributed by atoms with Crippen LogP contribution in [0.4, 0.5) is 0 Å². The fourth-order valence-corrected chi connectivity index (χ4v) is 2.25. The minimum Gasteiger partial charge on any atom is -0.337 e. The molecule has 0 aliphatic carbocycles. The number of amides is 1. The van der Waals surface area contributed by atoms with Crippen LogP contribution in [0.25, 0.3) is 0 Å². The highest BCUT2D eigenvalue weighted by Gasteiger charge is 2.19. The van der Waals surface area contributed by atoms with E-state index >= 15 is 0 Å². The van der Waals surface area contributed by atoms with Crippen molar-refractivity contribution in [2.45, 2.75) is 33.2 Å². The van der Waals surface area contributed by atoms with Gasteiger partial charge in [0.1, 0.15) is 0 Å².